The van der Waals surface area contributed by atoms with Gasteiger partial charge < -0.3 is 10.2 Å². The second-order valence-corrected chi connectivity index (χ2v) is 8.06. The molecule has 1 aromatic heterocycles. The average Bonchev–Trinajstić information content (AvgIpc) is 3.07. The van der Waals surface area contributed by atoms with Crippen molar-refractivity contribution in [2.24, 2.45) is 5.14 Å². The molecule has 0 unspecified atom stereocenters. The first-order chi connectivity index (χ1) is 12.8. The predicted octanol–water partition coefficient (Wildman–Crippen LogP) is 1.67. The van der Waals surface area contributed by atoms with E-state index in [2.05, 4.69) is 15.3 Å². The molecule has 3 N–H and O–H groups in total. The molecule has 0 atom stereocenters. The van der Waals surface area contributed by atoms with Crippen molar-refractivity contribution in [1.82, 2.24) is 14.7 Å². The Bertz CT molecular complexity index is 921. The van der Waals surface area contributed by atoms with Crippen LogP contribution in [0.3, 0.4) is 0 Å². The van der Waals surface area contributed by atoms with E-state index in [0.717, 1.165) is 32.2 Å². The second kappa shape index (κ2) is 8.03. The number of nitro groups is 1. The number of aromatic nitrogens is 2. The normalized spacial score (nSPS) is 15.6. The number of nitrogens with one attached hydrogen (secondary N) is 1. The number of anilines is 2. The Hall–Kier alpha value is -2.50. The monoisotopic (exact) mass is 394 g/mol. The molecule has 146 valence electrons. The summed E-state index contributed by atoms with van der Waals surface area (Å²) in [6.45, 7) is 3.85. The van der Waals surface area contributed by atoms with Gasteiger partial charge in [-0.1, -0.05) is 6.42 Å². The third-order valence-electron chi connectivity index (χ3n) is 4.50. The van der Waals surface area contributed by atoms with Gasteiger partial charge in [-0.25, -0.2) is 13.6 Å². The number of likely N-dealkylation sites (tertiary alicyclic amines) is 1. The van der Waals surface area contributed by atoms with E-state index in [0.29, 0.717) is 5.69 Å². The van der Waals surface area contributed by atoms with Crippen LogP contribution in [0.1, 0.15) is 19.3 Å². The van der Waals surface area contributed by atoms with E-state index < -0.39 is 14.9 Å². The van der Waals surface area contributed by atoms with Gasteiger partial charge in [0.2, 0.25) is 10.0 Å². The SMILES string of the molecule is NS(=O)(=O)c1ccc(Nc2cnn(CCN3CCCCC3)c2)c([N+](=O)[O-])c1. The summed E-state index contributed by atoms with van der Waals surface area (Å²) in [6.07, 6.45) is 7.08. The Kier molecular flexibility index (Phi) is 5.73. The predicted molar refractivity (Wildman–Crippen MR) is 100 cm³/mol. The lowest BCUT2D eigenvalue weighted by molar-refractivity contribution is -0.384. The van der Waals surface area contributed by atoms with Gasteiger partial charge in [0.05, 0.1) is 28.2 Å². The molecule has 0 saturated carbocycles. The largest absolute Gasteiger partial charge is 0.347 e. The zero-order valence-corrected chi connectivity index (χ0v) is 15.6. The average molecular weight is 394 g/mol. The fourth-order valence-corrected chi connectivity index (χ4v) is 3.61. The summed E-state index contributed by atoms with van der Waals surface area (Å²) >= 11 is 0. The van der Waals surface area contributed by atoms with E-state index in [9.17, 15) is 18.5 Å². The Balaban J connectivity index is 1.70. The summed E-state index contributed by atoms with van der Waals surface area (Å²) in [6, 6.07) is 3.49. The van der Waals surface area contributed by atoms with Crippen LogP contribution >= 0.6 is 0 Å². The molecule has 0 spiro atoms. The van der Waals surface area contributed by atoms with Crippen LogP contribution in [0.2, 0.25) is 0 Å². The van der Waals surface area contributed by atoms with E-state index >= 15 is 0 Å². The molecule has 11 heteroatoms. The summed E-state index contributed by atoms with van der Waals surface area (Å²) in [5, 5.41) is 23.5. The molecule has 0 aliphatic carbocycles. The lowest BCUT2D eigenvalue weighted by atomic mass is 10.1. The molecule has 2 heterocycles. The second-order valence-electron chi connectivity index (χ2n) is 6.50. The number of hydrogen-bond donors (Lipinski definition) is 2. The van der Waals surface area contributed by atoms with Crippen molar-refractivity contribution in [1.29, 1.82) is 0 Å². The van der Waals surface area contributed by atoms with Gasteiger partial charge in [0.15, 0.2) is 0 Å². The minimum absolute atomic E-state index is 0.169. The highest BCUT2D eigenvalue weighted by molar-refractivity contribution is 7.89. The van der Waals surface area contributed by atoms with Crippen LogP contribution in [0, 0.1) is 10.1 Å². The van der Waals surface area contributed by atoms with Gasteiger partial charge in [0.25, 0.3) is 5.69 Å². The molecule has 1 aromatic carbocycles. The number of primary sulfonamides is 1. The van der Waals surface area contributed by atoms with Gasteiger partial charge in [0.1, 0.15) is 5.69 Å². The van der Waals surface area contributed by atoms with Crippen molar-refractivity contribution in [3.05, 3.63) is 40.7 Å². The Morgan fingerprint density at radius 3 is 2.63 bits per heavy atom. The van der Waals surface area contributed by atoms with Crippen LogP contribution in [-0.2, 0) is 16.6 Å². The number of piperidine rings is 1. The van der Waals surface area contributed by atoms with Gasteiger partial charge in [-0.2, -0.15) is 5.10 Å². The zero-order valence-electron chi connectivity index (χ0n) is 14.7. The van der Waals surface area contributed by atoms with E-state index in [-0.39, 0.29) is 16.3 Å². The van der Waals surface area contributed by atoms with Gasteiger partial charge in [-0.3, -0.25) is 14.8 Å². The Morgan fingerprint density at radius 1 is 1.22 bits per heavy atom. The van der Waals surface area contributed by atoms with E-state index in [1.165, 1.54) is 31.4 Å². The first kappa shape index (κ1) is 19.3. The zero-order chi connectivity index (χ0) is 19.4. The molecule has 0 bridgehead atoms. The highest BCUT2D eigenvalue weighted by Crippen LogP contribution is 2.29. The first-order valence-electron chi connectivity index (χ1n) is 8.66. The van der Waals surface area contributed by atoms with E-state index in [1.807, 2.05) is 0 Å². The molecule has 1 saturated heterocycles. The van der Waals surface area contributed by atoms with Gasteiger partial charge in [0, 0.05) is 18.8 Å². The Labute approximate surface area is 157 Å². The maximum Gasteiger partial charge on any atom is 0.294 e. The van der Waals surface area contributed by atoms with Crippen LogP contribution in [0.5, 0.6) is 0 Å². The minimum Gasteiger partial charge on any atom is -0.347 e. The van der Waals surface area contributed by atoms with Crippen molar-refractivity contribution in [2.45, 2.75) is 30.7 Å². The van der Waals surface area contributed by atoms with Gasteiger partial charge >= 0.3 is 0 Å². The van der Waals surface area contributed by atoms with Crippen LogP contribution < -0.4 is 10.5 Å². The minimum atomic E-state index is -4.02. The van der Waals surface area contributed by atoms with Gasteiger partial charge in [-0.15, -0.1) is 0 Å². The lowest BCUT2D eigenvalue weighted by Gasteiger charge is -2.26. The van der Waals surface area contributed by atoms with Crippen molar-refractivity contribution in [3.8, 4) is 0 Å². The number of nitrogens with zero attached hydrogens (tertiary/aromatic N) is 4. The van der Waals surface area contributed by atoms with E-state index in [1.54, 1.807) is 17.1 Å². The smallest absolute Gasteiger partial charge is 0.294 e. The van der Waals surface area contributed by atoms with Crippen molar-refractivity contribution in [2.75, 3.05) is 25.0 Å². The third-order valence-corrected chi connectivity index (χ3v) is 5.41. The molecule has 2 aromatic rings. The molecular weight excluding hydrogens is 372 g/mol. The van der Waals surface area contributed by atoms with Crippen molar-refractivity contribution in [3.63, 3.8) is 0 Å². The van der Waals surface area contributed by atoms with Crippen LogP contribution in [0.4, 0.5) is 17.1 Å². The number of nitrogens with two attached hydrogens (primary N) is 1. The molecular formula is C16H22N6O4S. The van der Waals surface area contributed by atoms with Crippen LogP contribution in [-0.4, -0.2) is 47.7 Å². The summed E-state index contributed by atoms with van der Waals surface area (Å²) < 4.78 is 24.6. The fourth-order valence-electron chi connectivity index (χ4n) is 3.08. The molecule has 1 aliphatic rings. The van der Waals surface area contributed by atoms with Crippen molar-refractivity contribution >= 4 is 27.1 Å². The molecule has 0 radical (unpaired) electrons. The van der Waals surface area contributed by atoms with Crippen LogP contribution in [0.25, 0.3) is 0 Å². The number of sulfonamides is 1. The first-order valence-corrected chi connectivity index (χ1v) is 10.2. The molecule has 27 heavy (non-hydrogen) atoms. The standard InChI is InChI=1S/C16H22N6O4S/c17-27(25,26)14-4-5-15(16(10-14)22(23)24)19-13-11-18-21(12-13)9-8-20-6-2-1-3-7-20/h4-5,10-12,19H,1-3,6-9H2,(H2,17,25,26). The molecule has 3 rings (SSSR count). The topological polar surface area (TPSA) is 136 Å². The molecule has 1 aliphatic heterocycles. The van der Waals surface area contributed by atoms with Gasteiger partial charge in [-0.05, 0) is 38.1 Å². The summed E-state index contributed by atoms with van der Waals surface area (Å²) in [7, 11) is -4.02. The number of nitro benzene ring substituents is 1. The van der Waals surface area contributed by atoms with Crippen molar-refractivity contribution < 1.29 is 13.3 Å². The van der Waals surface area contributed by atoms with Crippen LogP contribution in [0.15, 0.2) is 35.5 Å². The fraction of sp³-hybridized carbons (Fsp3) is 0.438. The molecule has 0 amide bonds. The Morgan fingerprint density at radius 2 is 1.96 bits per heavy atom. The quantitative estimate of drug-likeness (QED) is 0.538. The summed E-state index contributed by atoms with van der Waals surface area (Å²) in [4.78, 5) is 12.7. The highest BCUT2D eigenvalue weighted by Gasteiger charge is 2.19. The number of rotatable bonds is 7. The molecule has 1 fully saturated rings. The maximum atomic E-state index is 11.4. The highest BCUT2D eigenvalue weighted by atomic mass is 32.2. The lowest BCUT2D eigenvalue weighted by Crippen LogP contribution is -2.32. The third kappa shape index (κ3) is 5.02. The number of benzene rings is 1. The number of hydrogen-bond acceptors (Lipinski definition) is 7. The summed E-state index contributed by atoms with van der Waals surface area (Å²) in [5.74, 6) is 0. The van der Waals surface area contributed by atoms with E-state index in [4.69, 9.17) is 5.14 Å². The molecule has 10 nitrogen and oxygen atoms in total. The summed E-state index contributed by atoms with van der Waals surface area (Å²) in [5.41, 5.74) is 0.380. The maximum absolute atomic E-state index is 11.4.